The van der Waals surface area contributed by atoms with E-state index >= 15 is 0 Å². The predicted molar refractivity (Wildman–Crippen MR) is 89.1 cm³/mol. The van der Waals surface area contributed by atoms with Crippen molar-refractivity contribution in [2.24, 2.45) is 0 Å². The summed E-state index contributed by atoms with van der Waals surface area (Å²) in [5.74, 6) is 2.71. The molecule has 21 heavy (non-hydrogen) atoms. The third kappa shape index (κ3) is 5.50. The van der Waals surface area contributed by atoms with Crippen LogP contribution in [0, 0.1) is 6.92 Å². The lowest BCUT2D eigenvalue weighted by Crippen LogP contribution is -2.38. The molecular weight excluding hydrogens is 264 g/mol. The first kappa shape index (κ1) is 17.7. The minimum atomic E-state index is 0.480. The van der Waals surface area contributed by atoms with Gasteiger partial charge in [-0.15, -0.1) is 0 Å². The van der Waals surface area contributed by atoms with Gasteiger partial charge in [0.1, 0.15) is 17.5 Å². The van der Waals surface area contributed by atoms with Gasteiger partial charge >= 0.3 is 0 Å². The number of hydrogen-bond donors (Lipinski definition) is 1. The molecule has 1 aromatic heterocycles. The quantitative estimate of drug-likeness (QED) is 0.718. The fourth-order valence-corrected chi connectivity index (χ4v) is 2.45. The first-order valence-corrected chi connectivity index (χ1v) is 8.01. The Morgan fingerprint density at radius 1 is 1.24 bits per heavy atom. The van der Waals surface area contributed by atoms with E-state index in [1.165, 1.54) is 0 Å². The van der Waals surface area contributed by atoms with Gasteiger partial charge in [0, 0.05) is 32.3 Å². The number of aromatic nitrogens is 2. The van der Waals surface area contributed by atoms with Crippen LogP contribution in [0.2, 0.25) is 0 Å². The molecular formula is C16H30N4O. The lowest BCUT2D eigenvalue weighted by atomic mass is 10.1. The number of nitrogens with one attached hydrogen (secondary N) is 1. The largest absolute Gasteiger partial charge is 0.383 e. The van der Waals surface area contributed by atoms with Crippen LogP contribution in [0.25, 0.3) is 0 Å². The maximum Gasteiger partial charge on any atom is 0.134 e. The second-order valence-corrected chi connectivity index (χ2v) is 5.24. The molecule has 0 aliphatic heterocycles. The number of hydrogen-bond acceptors (Lipinski definition) is 5. The lowest BCUT2D eigenvalue weighted by molar-refractivity contribution is 0.202. The van der Waals surface area contributed by atoms with Gasteiger partial charge in [0.15, 0.2) is 0 Å². The van der Waals surface area contributed by atoms with Gasteiger partial charge in [0.05, 0.1) is 6.61 Å². The molecule has 0 aliphatic carbocycles. The Bertz CT molecular complexity index is 407. The van der Waals surface area contributed by atoms with Crippen molar-refractivity contribution in [3.63, 3.8) is 0 Å². The standard InChI is InChI=1S/C16H30N4O/c1-6-9-17-15-12-16(19-13(4)18-15)20(10-11-21-5)14(7-2)8-3/h12,14H,6-11H2,1-5H3,(H,17,18,19). The molecule has 0 radical (unpaired) electrons. The molecule has 1 heterocycles. The minimum absolute atomic E-state index is 0.480. The SMILES string of the molecule is CCCNc1cc(N(CCOC)C(CC)CC)nc(C)n1. The molecule has 0 bridgehead atoms. The second kappa shape index (κ2) is 9.55. The summed E-state index contributed by atoms with van der Waals surface area (Å²) < 4.78 is 5.26. The molecule has 0 unspecified atom stereocenters. The number of rotatable bonds is 10. The van der Waals surface area contributed by atoms with E-state index in [0.717, 1.165) is 49.8 Å². The van der Waals surface area contributed by atoms with Crippen molar-refractivity contribution in [3.8, 4) is 0 Å². The molecule has 1 aromatic rings. The van der Waals surface area contributed by atoms with Gasteiger partial charge < -0.3 is 15.0 Å². The van der Waals surface area contributed by atoms with Crippen LogP contribution >= 0.6 is 0 Å². The first-order chi connectivity index (χ1) is 10.2. The maximum atomic E-state index is 5.26. The Hall–Kier alpha value is -1.36. The number of methoxy groups -OCH3 is 1. The molecule has 0 aliphatic rings. The van der Waals surface area contributed by atoms with Gasteiger partial charge in [-0.05, 0) is 26.2 Å². The van der Waals surface area contributed by atoms with Gasteiger partial charge in [0.2, 0.25) is 0 Å². The van der Waals surface area contributed by atoms with Crippen LogP contribution in [0.4, 0.5) is 11.6 Å². The van der Waals surface area contributed by atoms with Crippen LogP contribution in [0.5, 0.6) is 0 Å². The monoisotopic (exact) mass is 294 g/mol. The predicted octanol–water partition coefficient (Wildman–Crippen LogP) is 3.25. The highest BCUT2D eigenvalue weighted by molar-refractivity contribution is 5.50. The summed E-state index contributed by atoms with van der Waals surface area (Å²) in [6, 6.07) is 2.53. The van der Waals surface area contributed by atoms with Crippen molar-refractivity contribution in [1.82, 2.24) is 9.97 Å². The Morgan fingerprint density at radius 3 is 2.52 bits per heavy atom. The number of anilines is 2. The van der Waals surface area contributed by atoms with Gasteiger partial charge in [-0.2, -0.15) is 0 Å². The lowest BCUT2D eigenvalue weighted by Gasteiger charge is -2.31. The van der Waals surface area contributed by atoms with Crippen molar-refractivity contribution in [1.29, 1.82) is 0 Å². The Kier molecular flexibility index (Phi) is 8.05. The van der Waals surface area contributed by atoms with Gasteiger partial charge in [0.25, 0.3) is 0 Å². The zero-order valence-electron chi connectivity index (χ0n) is 14.1. The second-order valence-electron chi connectivity index (χ2n) is 5.24. The van der Waals surface area contributed by atoms with Crippen molar-refractivity contribution < 1.29 is 4.74 Å². The molecule has 0 atom stereocenters. The highest BCUT2D eigenvalue weighted by atomic mass is 16.5. The van der Waals surface area contributed by atoms with Crippen LogP contribution < -0.4 is 10.2 Å². The molecule has 5 heteroatoms. The first-order valence-electron chi connectivity index (χ1n) is 8.01. The minimum Gasteiger partial charge on any atom is -0.383 e. The fraction of sp³-hybridized carbons (Fsp3) is 0.750. The van der Waals surface area contributed by atoms with E-state index in [1.807, 2.05) is 6.92 Å². The van der Waals surface area contributed by atoms with Crippen molar-refractivity contribution >= 4 is 11.6 Å². The van der Waals surface area contributed by atoms with E-state index in [9.17, 15) is 0 Å². The molecule has 120 valence electrons. The average Bonchev–Trinajstić information content (AvgIpc) is 2.48. The third-order valence-corrected chi connectivity index (χ3v) is 3.59. The van der Waals surface area contributed by atoms with E-state index in [1.54, 1.807) is 7.11 Å². The zero-order chi connectivity index (χ0) is 15.7. The van der Waals surface area contributed by atoms with Crippen LogP contribution in [0.3, 0.4) is 0 Å². The summed E-state index contributed by atoms with van der Waals surface area (Å²) in [4.78, 5) is 11.4. The van der Waals surface area contributed by atoms with Gasteiger partial charge in [-0.1, -0.05) is 20.8 Å². The maximum absolute atomic E-state index is 5.26. The molecule has 1 N–H and O–H groups in total. The summed E-state index contributed by atoms with van der Waals surface area (Å²) >= 11 is 0. The van der Waals surface area contributed by atoms with E-state index in [2.05, 4.69) is 47.0 Å². The highest BCUT2D eigenvalue weighted by Crippen LogP contribution is 2.21. The zero-order valence-corrected chi connectivity index (χ0v) is 14.1. The Morgan fingerprint density at radius 2 is 1.95 bits per heavy atom. The highest BCUT2D eigenvalue weighted by Gasteiger charge is 2.18. The van der Waals surface area contributed by atoms with E-state index in [0.29, 0.717) is 12.6 Å². The number of aryl methyl sites for hydroxylation is 1. The summed E-state index contributed by atoms with van der Waals surface area (Å²) in [6.07, 6.45) is 3.28. The van der Waals surface area contributed by atoms with Crippen molar-refractivity contribution in [3.05, 3.63) is 11.9 Å². The van der Waals surface area contributed by atoms with Crippen molar-refractivity contribution in [2.75, 3.05) is 37.0 Å². The topological polar surface area (TPSA) is 50.3 Å². The van der Waals surface area contributed by atoms with E-state index in [-0.39, 0.29) is 0 Å². The van der Waals surface area contributed by atoms with Gasteiger partial charge in [-0.3, -0.25) is 0 Å². The van der Waals surface area contributed by atoms with Crippen LogP contribution in [-0.4, -0.2) is 42.8 Å². The Balaban J connectivity index is 3.01. The average molecular weight is 294 g/mol. The van der Waals surface area contributed by atoms with E-state index < -0.39 is 0 Å². The normalized spacial score (nSPS) is 11.0. The molecule has 0 fully saturated rings. The molecule has 0 spiro atoms. The van der Waals surface area contributed by atoms with E-state index in [4.69, 9.17) is 4.74 Å². The molecule has 0 saturated carbocycles. The van der Waals surface area contributed by atoms with Crippen LogP contribution in [0.1, 0.15) is 45.9 Å². The fourth-order valence-electron chi connectivity index (χ4n) is 2.45. The molecule has 5 nitrogen and oxygen atoms in total. The summed E-state index contributed by atoms with van der Waals surface area (Å²) in [5, 5.41) is 3.35. The smallest absolute Gasteiger partial charge is 0.134 e. The summed E-state index contributed by atoms with van der Waals surface area (Å²) in [6.45, 7) is 11.0. The summed E-state index contributed by atoms with van der Waals surface area (Å²) in [7, 11) is 1.74. The van der Waals surface area contributed by atoms with Crippen LogP contribution in [0.15, 0.2) is 6.07 Å². The van der Waals surface area contributed by atoms with Gasteiger partial charge in [-0.25, -0.2) is 9.97 Å². The number of ether oxygens (including phenoxy) is 1. The van der Waals surface area contributed by atoms with Crippen molar-refractivity contribution in [2.45, 2.75) is 53.0 Å². The molecule has 1 rings (SSSR count). The molecule has 0 aromatic carbocycles. The molecule has 0 saturated heterocycles. The molecule has 0 amide bonds. The van der Waals surface area contributed by atoms with Crippen LogP contribution in [-0.2, 0) is 4.74 Å². The number of nitrogens with zero attached hydrogens (tertiary/aromatic N) is 3. The summed E-state index contributed by atoms with van der Waals surface area (Å²) in [5.41, 5.74) is 0. The third-order valence-electron chi connectivity index (χ3n) is 3.59. The Labute approximate surface area is 129 Å².